The van der Waals surface area contributed by atoms with E-state index in [2.05, 4.69) is 127 Å². The van der Waals surface area contributed by atoms with Crippen LogP contribution in [0.5, 0.6) is 0 Å². The SMILES string of the molecule is Cc1cc(S(=O)(=O)c2ccc(N3c4ccccc4C(C)(C)c4ccccc43)cn2)cc(C)c1N1c2ccccc2C(C)(C)c2ccccc21. The van der Waals surface area contributed by atoms with Gasteiger partial charge in [-0.15, -0.1) is 0 Å². The van der Waals surface area contributed by atoms with Crippen LogP contribution in [0.15, 0.2) is 137 Å². The van der Waals surface area contributed by atoms with Gasteiger partial charge in [0.1, 0.15) is 0 Å². The number of anilines is 6. The summed E-state index contributed by atoms with van der Waals surface area (Å²) >= 11 is 0. The molecule has 5 aromatic carbocycles. The van der Waals surface area contributed by atoms with Crippen LogP contribution in [0.25, 0.3) is 0 Å². The molecule has 49 heavy (non-hydrogen) atoms. The summed E-state index contributed by atoms with van der Waals surface area (Å²) in [6, 6.07) is 40.9. The number of benzene rings is 5. The summed E-state index contributed by atoms with van der Waals surface area (Å²) < 4.78 is 28.4. The van der Waals surface area contributed by atoms with Gasteiger partial charge in [-0.2, -0.15) is 0 Å². The van der Waals surface area contributed by atoms with Crippen molar-refractivity contribution >= 4 is 44.0 Å². The number of pyridine rings is 1. The third-order valence-corrected chi connectivity index (χ3v) is 12.2. The van der Waals surface area contributed by atoms with Crippen molar-refractivity contribution in [3.8, 4) is 0 Å². The highest BCUT2D eigenvalue weighted by atomic mass is 32.2. The van der Waals surface area contributed by atoms with Gasteiger partial charge in [0.05, 0.1) is 45.2 Å². The molecule has 0 N–H and O–H groups in total. The Bertz CT molecular complexity index is 2270. The van der Waals surface area contributed by atoms with E-state index < -0.39 is 9.84 Å². The van der Waals surface area contributed by atoms with Gasteiger partial charge in [0.15, 0.2) is 5.03 Å². The lowest BCUT2D eigenvalue weighted by molar-refractivity contribution is 0.592. The maximum absolute atomic E-state index is 14.2. The smallest absolute Gasteiger partial charge is 0.223 e. The van der Waals surface area contributed by atoms with Crippen LogP contribution in [0.2, 0.25) is 0 Å². The predicted octanol–water partition coefficient (Wildman–Crippen LogP) is 10.7. The first kappa shape index (κ1) is 31.1. The van der Waals surface area contributed by atoms with E-state index in [1.54, 1.807) is 24.4 Å². The lowest BCUT2D eigenvalue weighted by Gasteiger charge is -2.43. The minimum absolute atomic E-state index is 0.0251. The Hall–Kier alpha value is -5.20. The lowest BCUT2D eigenvalue weighted by atomic mass is 9.73. The first-order valence-corrected chi connectivity index (χ1v) is 18.2. The Labute approximate surface area is 289 Å². The second kappa shape index (κ2) is 10.9. The van der Waals surface area contributed by atoms with Gasteiger partial charge in [0.25, 0.3) is 0 Å². The van der Waals surface area contributed by atoms with E-state index >= 15 is 0 Å². The molecule has 0 fully saturated rings. The number of nitrogens with zero attached hydrogens (tertiary/aromatic N) is 3. The molecule has 0 atom stereocenters. The van der Waals surface area contributed by atoms with E-state index in [4.69, 9.17) is 0 Å². The lowest BCUT2D eigenvalue weighted by Crippen LogP contribution is -2.31. The van der Waals surface area contributed by atoms with Gasteiger partial charge in [-0.1, -0.05) is 100 Å². The zero-order valence-corrected chi connectivity index (χ0v) is 29.5. The van der Waals surface area contributed by atoms with Crippen molar-refractivity contribution in [2.45, 2.75) is 62.3 Å². The van der Waals surface area contributed by atoms with Gasteiger partial charge < -0.3 is 9.80 Å². The summed E-state index contributed by atoms with van der Waals surface area (Å²) in [4.78, 5) is 9.30. The summed E-state index contributed by atoms with van der Waals surface area (Å²) in [6.45, 7) is 13.0. The molecule has 8 rings (SSSR count). The molecule has 0 saturated carbocycles. The molecule has 0 bridgehead atoms. The monoisotopic (exact) mass is 661 g/mol. The molecule has 2 aliphatic heterocycles. The van der Waals surface area contributed by atoms with Gasteiger partial charge in [-0.05, 0) is 95.8 Å². The highest BCUT2D eigenvalue weighted by molar-refractivity contribution is 7.91. The van der Waals surface area contributed by atoms with E-state index in [1.807, 2.05) is 32.0 Å². The molecule has 6 heteroatoms. The number of rotatable bonds is 4. The van der Waals surface area contributed by atoms with E-state index in [1.165, 1.54) is 22.3 Å². The fraction of sp³-hybridized carbons (Fsp3) is 0.186. The second-order valence-electron chi connectivity index (χ2n) is 14.3. The molecule has 1 aromatic heterocycles. The maximum atomic E-state index is 14.2. The van der Waals surface area contributed by atoms with Crippen LogP contribution in [0.3, 0.4) is 0 Å². The molecule has 5 nitrogen and oxygen atoms in total. The van der Waals surface area contributed by atoms with Gasteiger partial charge in [0.2, 0.25) is 9.84 Å². The van der Waals surface area contributed by atoms with E-state index in [9.17, 15) is 8.42 Å². The summed E-state index contributed by atoms with van der Waals surface area (Å²) in [5.74, 6) is 0. The number of para-hydroxylation sites is 4. The van der Waals surface area contributed by atoms with Crippen molar-refractivity contribution in [3.05, 3.63) is 161 Å². The first-order valence-electron chi connectivity index (χ1n) is 16.7. The minimum Gasteiger partial charge on any atom is -0.309 e. The van der Waals surface area contributed by atoms with Gasteiger partial charge in [-0.3, -0.25) is 0 Å². The van der Waals surface area contributed by atoms with Crippen molar-refractivity contribution in [1.29, 1.82) is 0 Å². The average molecular weight is 662 g/mol. The number of hydrogen-bond acceptors (Lipinski definition) is 5. The third kappa shape index (κ3) is 4.57. The van der Waals surface area contributed by atoms with Crippen molar-refractivity contribution < 1.29 is 8.42 Å². The van der Waals surface area contributed by atoms with Crippen molar-refractivity contribution in [3.63, 3.8) is 0 Å². The minimum atomic E-state index is -3.91. The van der Waals surface area contributed by atoms with Crippen LogP contribution < -0.4 is 9.80 Å². The molecule has 0 amide bonds. The molecule has 3 heterocycles. The summed E-state index contributed by atoms with van der Waals surface area (Å²) in [5.41, 5.74) is 12.4. The van der Waals surface area contributed by atoms with E-state index in [0.717, 1.165) is 45.3 Å². The van der Waals surface area contributed by atoms with Crippen LogP contribution in [-0.4, -0.2) is 13.4 Å². The van der Waals surface area contributed by atoms with E-state index in [-0.39, 0.29) is 20.8 Å². The molecule has 6 aromatic rings. The normalized spacial score (nSPS) is 15.6. The molecular formula is C43H39N3O2S. The summed E-state index contributed by atoms with van der Waals surface area (Å²) in [5, 5.41) is 0.0251. The number of sulfone groups is 1. The Balaban J connectivity index is 1.19. The molecule has 0 radical (unpaired) electrons. The Morgan fingerprint density at radius 1 is 0.531 bits per heavy atom. The van der Waals surface area contributed by atoms with Gasteiger partial charge in [-0.25, -0.2) is 13.4 Å². The summed E-state index contributed by atoms with van der Waals surface area (Å²) in [6.07, 6.45) is 1.68. The van der Waals surface area contributed by atoms with Gasteiger partial charge in [0, 0.05) is 10.8 Å². The number of aryl methyl sites for hydroxylation is 2. The Kier molecular flexibility index (Phi) is 6.92. The molecule has 0 saturated heterocycles. The average Bonchev–Trinajstić information content (AvgIpc) is 3.10. The summed E-state index contributed by atoms with van der Waals surface area (Å²) in [7, 11) is -3.91. The maximum Gasteiger partial charge on any atom is 0.223 e. The molecule has 0 aliphatic carbocycles. The standard InChI is InChI=1S/C43H39N3O2S/c1-28-25-31(26-29(2)41(28)46-38-21-13-9-17-34(38)43(5,6)35-18-10-14-22-39(35)46)49(47,48)40-24-23-30(27-44-40)45-36-19-11-7-15-32(36)42(3,4)33-16-8-12-20-37(33)45/h7-27H,1-6H3. The fourth-order valence-corrected chi connectivity index (χ4v) is 9.41. The Morgan fingerprint density at radius 2 is 0.918 bits per heavy atom. The number of aromatic nitrogens is 1. The van der Waals surface area contributed by atoms with Crippen LogP contribution in [-0.2, 0) is 20.7 Å². The van der Waals surface area contributed by atoms with E-state index in [0.29, 0.717) is 0 Å². The fourth-order valence-electron chi connectivity index (χ4n) is 8.07. The van der Waals surface area contributed by atoms with Crippen molar-refractivity contribution in [2.75, 3.05) is 9.80 Å². The molecule has 2 aliphatic rings. The largest absolute Gasteiger partial charge is 0.309 e. The first-order chi connectivity index (χ1) is 23.4. The molecule has 0 unspecified atom stereocenters. The third-order valence-electron chi connectivity index (χ3n) is 10.5. The Morgan fingerprint density at radius 3 is 1.31 bits per heavy atom. The number of hydrogen-bond donors (Lipinski definition) is 0. The number of fused-ring (bicyclic) bond motifs is 4. The zero-order chi connectivity index (χ0) is 34.3. The van der Waals surface area contributed by atoms with Crippen molar-refractivity contribution in [2.24, 2.45) is 0 Å². The topological polar surface area (TPSA) is 53.5 Å². The predicted molar refractivity (Wildman–Crippen MR) is 199 cm³/mol. The van der Waals surface area contributed by atoms with Crippen LogP contribution in [0.1, 0.15) is 61.1 Å². The van der Waals surface area contributed by atoms with Crippen LogP contribution >= 0.6 is 0 Å². The molecule has 244 valence electrons. The van der Waals surface area contributed by atoms with Crippen molar-refractivity contribution in [1.82, 2.24) is 4.98 Å². The molecule has 0 spiro atoms. The highest BCUT2D eigenvalue weighted by Gasteiger charge is 2.38. The molecular weight excluding hydrogens is 623 g/mol. The van der Waals surface area contributed by atoms with Crippen LogP contribution in [0, 0.1) is 13.8 Å². The second-order valence-corrected chi connectivity index (χ2v) is 16.1. The highest BCUT2D eigenvalue weighted by Crippen LogP contribution is 2.54. The van der Waals surface area contributed by atoms with Crippen LogP contribution in [0.4, 0.5) is 34.1 Å². The zero-order valence-electron chi connectivity index (χ0n) is 28.7. The quantitative estimate of drug-likeness (QED) is 0.188. The van der Waals surface area contributed by atoms with Gasteiger partial charge >= 0.3 is 0 Å².